The first kappa shape index (κ1) is 21.3. The molecule has 10 heteroatoms. The lowest BCUT2D eigenvalue weighted by atomic mass is 10.1. The minimum Gasteiger partial charge on any atom is -0.497 e. The number of benzene rings is 2. The molecule has 0 bridgehead atoms. The third-order valence-corrected chi connectivity index (χ3v) is 5.83. The van der Waals surface area contributed by atoms with Crippen LogP contribution in [0.5, 0.6) is 5.75 Å². The van der Waals surface area contributed by atoms with Crippen molar-refractivity contribution in [1.29, 1.82) is 0 Å². The van der Waals surface area contributed by atoms with Gasteiger partial charge in [0.25, 0.3) is 17.4 Å². The molecule has 3 heterocycles. The van der Waals surface area contributed by atoms with Gasteiger partial charge in [-0.2, -0.15) is 0 Å². The SMILES string of the molecule is COc1ccc2ncc(=O)n(CC(O)C3OCC(N4C(=O)c5ccccc5C4=O)CO3)c2c1. The Kier molecular flexibility index (Phi) is 5.41. The van der Waals surface area contributed by atoms with Crippen molar-refractivity contribution in [3.63, 3.8) is 0 Å². The van der Waals surface area contributed by atoms with E-state index in [9.17, 15) is 19.5 Å². The van der Waals surface area contributed by atoms with Crippen molar-refractivity contribution in [3.05, 3.63) is 70.1 Å². The largest absolute Gasteiger partial charge is 0.497 e. The second-order valence-electron chi connectivity index (χ2n) is 7.84. The summed E-state index contributed by atoms with van der Waals surface area (Å²) in [5.74, 6) is -0.238. The van der Waals surface area contributed by atoms with E-state index in [1.807, 2.05) is 0 Å². The van der Waals surface area contributed by atoms with E-state index in [0.29, 0.717) is 27.9 Å². The van der Waals surface area contributed by atoms with Crippen molar-refractivity contribution in [2.24, 2.45) is 0 Å². The maximum atomic E-state index is 12.7. The third kappa shape index (κ3) is 3.67. The molecule has 1 unspecified atom stereocenters. The molecule has 170 valence electrons. The Morgan fingerprint density at radius 3 is 2.39 bits per heavy atom. The van der Waals surface area contributed by atoms with Crippen LogP contribution >= 0.6 is 0 Å². The highest BCUT2D eigenvalue weighted by Gasteiger charge is 2.42. The van der Waals surface area contributed by atoms with E-state index in [2.05, 4.69) is 4.98 Å². The number of carbonyl (C=O) groups excluding carboxylic acids is 2. The van der Waals surface area contributed by atoms with Gasteiger partial charge < -0.3 is 23.9 Å². The average Bonchev–Trinajstić information content (AvgIpc) is 3.10. The maximum Gasteiger partial charge on any atom is 0.269 e. The number of amides is 2. The number of fused-ring (bicyclic) bond motifs is 2. The molecule has 2 aromatic carbocycles. The van der Waals surface area contributed by atoms with Crippen LogP contribution in [0.25, 0.3) is 11.0 Å². The number of carbonyl (C=O) groups is 2. The quantitative estimate of drug-likeness (QED) is 0.566. The fourth-order valence-corrected chi connectivity index (χ4v) is 4.15. The van der Waals surface area contributed by atoms with Crippen molar-refractivity contribution < 1.29 is 28.9 Å². The molecule has 10 nitrogen and oxygen atoms in total. The zero-order chi connectivity index (χ0) is 23.1. The molecule has 0 saturated carbocycles. The second kappa shape index (κ2) is 8.39. The number of hydrogen-bond donors (Lipinski definition) is 1. The Labute approximate surface area is 187 Å². The average molecular weight is 451 g/mol. The summed E-state index contributed by atoms with van der Waals surface area (Å²) in [7, 11) is 1.52. The number of ether oxygens (including phenoxy) is 3. The number of methoxy groups -OCH3 is 1. The predicted molar refractivity (Wildman–Crippen MR) is 115 cm³/mol. The van der Waals surface area contributed by atoms with Crippen LogP contribution < -0.4 is 10.3 Å². The van der Waals surface area contributed by atoms with Crippen LogP contribution in [0.1, 0.15) is 20.7 Å². The van der Waals surface area contributed by atoms with Crippen LogP contribution in [0.2, 0.25) is 0 Å². The zero-order valence-electron chi connectivity index (χ0n) is 17.7. The molecule has 3 aromatic rings. The van der Waals surface area contributed by atoms with Gasteiger partial charge in [-0.1, -0.05) is 12.1 Å². The normalized spacial score (nSPS) is 21.3. The molecular weight excluding hydrogens is 430 g/mol. The smallest absolute Gasteiger partial charge is 0.269 e. The Hall–Kier alpha value is -3.60. The first-order valence-corrected chi connectivity index (χ1v) is 10.4. The van der Waals surface area contributed by atoms with Crippen LogP contribution in [0.3, 0.4) is 0 Å². The van der Waals surface area contributed by atoms with Crippen LogP contribution in [0, 0.1) is 0 Å². The van der Waals surface area contributed by atoms with Crippen molar-refractivity contribution >= 4 is 22.8 Å². The molecule has 2 aliphatic heterocycles. The molecule has 1 saturated heterocycles. The van der Waals surface area contributed by atoms with Crippen molar-refractivity contribution in [2.45, 2.75) is 25.0 Å². The van der Waals surface area contributed by atoms with E-state index in [-0.39, 0.29) is 19.8 Å². The molecule has 33 heavy (non-hydrogen) atoms. The lowest BCUT2D eigenvalue weighted by molar-refractivity contribution is -0.238. The van der Waals surface area contributed by atoms with Gasteiger partial charge in [0.15, 0.2) is 6.29 Å². The van der Waals surface area contributed by atoms with E-state index in [1.54, 1.807) is 42.5 Å². The van der Waals surface area contributed by atoms with Gasteiger partial charge in [-0.25, -0.2) is 4.98 Å². The second-order valence-corrected chi connectivity index (χ2v) is 7.84. The van der Waals surface area contributed by atoms with Crippen LogP contribution in [-0.2, 0) is 16.0 Å². The number of aliphatic hydroxyl groups excluding tert-OH is 1. The Bertz CT molecular complexity index is 1260. The third-order valence-electron chi connectivity index (χ3n) is 5.83. The summed E-state index contributed by atoms with van der Waals surface area (Å²) < 4.78 is 17.9. The molecule has 0 spiro atoms. The van der Waals surface area contributed by atoms with E-state index in [1.165, 1.54) is 17.9 Å². The standard InChI is InChI=1S/C23H21N3O7/c1-31-14-6-7-17-18(8-14)25(20(28)9-24-17)10-19(27)23-32-11-13(12-33-23)26-21(29)15-4-2-3-5-16(15)22(26)30/h2-9,13,19,23,27H,10-12H2,1H3. The molecule has 2 amide bonds. The molecule has 0 radical (unpaired) electrons. The van der Waals surface area contributed by atoms with Gasteiger partial charge in [-0.3, -0.25) is 19.3 Å². The number of aromatic nitrogens is 2. The highest BCUT2D eigenvalue weighted by atomic mass is 16.7. The zero-order valence-corrected chi connectivity index (χ0v) is 17.7. The number of nitrogens with zero attached hydrogens (tertiary/aromatic N) is 3. The van der Waals surface area contributed by atoms with Crippen LogP contribution in [0.4, 0.5) is 0 Å². The minimum atomic E-state index is -1.18. The summed E-state index contributed by atoms with van der Waals surface area (Å²) in [5.41, 5.74) is 1.38. The Balaban J connectivity index is 1.29. The van der Waals surface area contributed by atoms with E-state index in [0.717, 1.165) is 4.90 Å². The number of aliphatic hydroxyl groups is 1. The van der Waals surface area contributed by atoms with E-state index >= 15 is 0 Å². The lowest BCUT2D eigenvalue weighted by Crippen LogP contribution is -2.52. The first-order valence-electron chi connectivity index (χ1n) is 10.4. The lowest BCUT2D eigenvalue weighted by Gasteiger charge is -2.35. The molecule has 1 N–H and O–H groups in total. The van der Waals surface area contributed by atoms with Gasteiger partial charge in [-0.15, -0.1) is 0 Å². The van der Waals surface area contributed by atoms with Crippen molar-refractivity contribution in [3.8, 4) is 5.75 Å². The molecule has 1 atom stereocenters. The molecule has 1 aromatic heterocycles. The molecule has 0 aliphatic carbocycles. The Morgan fingerprint density at radius 2 is 1.76 bits per heavy atom. The van der Waals surface area contributed by atoms with Crippen molar-refractivity contribution in [1.82, 2.24) is 14.5 Å². The summed E-state index contributed by atoms with van der Waals surface area (Å²) in [5, 5.41) is 10.7. The van der Waals surface area contributed by atoms with Gasteiger partial charge >= 0.3 is 0 Å². The summed E-state index contributed by atoms with van der Waals surface area (Å²) in [6.07, 6.45) is -1.03. The topological polar surface area (TPSA) is 120 Å². The summed E-state index contributed by atoms with van der Waals surface area (Å²) in [6.45, 7) is -0.0899. The number of hydrogen-bond acceptors (Lipinski definition) is 8. The Morgan fingerprint density at radius 1 is 1.09 bits per heavy atom. The van der Waals surface area contributed by atoms with Gasteiger partial charge in [0.1, 0.15) is 11.9 Å². The van der Waals surface area contributed by atoms with E-state index in [4.69, 9.17) is 14.2 Å². The molecule has 1 fully saturated rings. The minimum absolute atomic E-state index is 0.00695. The number of imide groups is 1. The summed E-state index contributed by atoms with van der Waals surface area (Å²) in [6, 6.07) is 11.1. The first-order chi connectivity index (χ1) is 16.0. The highest BCUT2D eigenvalue weighted by molar-refractivity contribution is 6.21. The molecule has 5 rings (SSSR count). The fourth-order valence-electron chi connectivity index (χ4n) is 4.15. The summed E-state index contributed by atoms with van der Waals surface area (Å²) >= 11 is 0. The van der Waals surface area contributed by atoms with Crippen molar-refractivity contribution in [2.75, 3.05) is 20.3 Å². The summed E-state index contributed by atoms with van der Waals surface area (Å²) in [4.78, 5) is 43.0. The molecular formula is C23H21N3O7. The predicted octanol–water partition coefficient (Wildman–Crippen LogP) is 0.804. The van der Waals surface area contributed by atoms with Gasteiger partial charge in [0.2, 0.25) is 0 Å². The van der Waals surface area contributed by atoms with Gasteiger partial charge in [0, 0.05) is 6.07 Å². The molecule has 2 aliphatic rings. The highest BCUT2D eigenvalue weighted by Crippen LogP contribution is 2.27. The number of rotatable bonds is 5. The van der Waals surface area contributed by atoms with E-state index < -0.39 is 35.8 Å². The van der Waals surface area contributed by atoms with Crippen LogP contribution in [0.15, 0.2) is 53.5 Å². The van der Waals surface area contributed by atoms with Gasteiger partial charge in [-0.05, 0) is 24.3 Å². The monoisotopic (exact) mass is 451 g/mol. The van der Waals surface area contributed by atoms with Gasteiger partial charge in [0.05, 0.1) is 61.3 Å². The maximum absolute atomic E-state index is 12.7. The fraction of sp³-hybridized carbons (Fsp3) is 0.304. The van der Waals surface area contributed by atoms with Crippen LogP contribution in [-0.4, -0.2) is 70.1 Å².